The number of carbonyl (C=O) groups is 1. The first kappa shape index (κ1) is 19.6. The smallest absolute Gasteiger partial charge is 0.341 e. The zero-order valence-electron chi connectivity index (χ0n) is 17.0. The molecule has 0 radical (unpaired) electrons. The molecule has 1 atom stereocenters. The Labute approximate surface area is 168 Å². The highest BCUT2D eigenvalue weighted by Crippen LogP contribution is 2.38. The molecule has 1 N–H and O–H groups in total. The molecule has 6 nitrogen and oxygen atoms in total. The van der Waals surface area contributed by atoms with Crippen LogP contribution in [0.2, 0.25) is 0 Å². The maximum Gasteiger partial charge on any atom is 0.341 e. The molecule has 0 bridgehead atoms. The van der Waals surface area contributed by atoms with Gasteiger partial charge in [0.15, 0.2) is 0 Å². The molecule has 0 saturated carbocycles. The number of benzene rings is 1. The van der Waals surface area contributed by atoms with Crippen LogP contribution >= 0.6 is 0 Å². The van der Waals surface area contributed by atoms with E-state index in [9.17, 15) is 14.7 Å². The molecule has 0 spiro atoms. The summed E-state index contributed by atoms with van der Waals surface area (Å²) >= 11 is 0. The zero-order valence-corrected chi connectivity index (χ0v) is 17.0. The van der Waals surface area contributed by atoms with Gasteiger partial charge in [-0.2, -0.15) is 0 Å². The number of carboxylic acid groups (broad SMARTS) is 1. The molecule has 29 heavy (non-hydrogen) atoms. The summed E-state index contributed by atoms with van der Waals surface area (Å²) in [7, 11) is 0. The average Bonchev–Trinajstić information content (AvgIpc) is 2.70. The molecule has 154 valence electrons. The van der Waals surface area contributed by atoms with Crippen LogP contribution in [0, 0.1) is 5.82 Å². The van der Waals surface area contributed by atoms with Crippen LogP contribution in [0.5, 0.6) is 0 Å². The number of rotatable bonds is 4. The predicted molar refractivity (Wildman–Crippen MR) is 112 cm³/mol. The molecule has 2 aliphatic rings. The molecule has 1 aromatic carbocycles. The van der Waals surface area contributed by atoms with Gasteiger partial charge in [0.25, 0.3) is 0 Å². The molecule has 7 heteroatoms. The Hall–Kier alpha value is -2.67. The summed E-state index contributed by atoms with van der Waals surface area (Å²) < 4.78 is 17.1. The maximum absolute atomic E-state index is 15.3. The van der Waals surface area contributed by atoms with E-state index in [1.807, 2.05) is 28.5 Å². The number of aromatic carboxylic acids is 1. The minimum Gasteiger partial charge on any atom is -0.477 e. The minimum atomic E-state index is -1.29. The Morgan fingerprint density at radius 2 is 1.97 bits per heavy atom. The second-order valence-corrected chi connectivity index (χ2v) is 8.05. The number of piperazine rings is 1. The number of hydrogen-bond donors (Lipinski definition) is 1. The lowest BCUT2D eigenvalue weighted by molar-refractivity contribution is 0.0694. The summed E-state index contributed by atoms with van der Waals surface area (Å²) in [5, 5.41) is 9.58. The van der Waals surface area contributed by atoms with E-state index in [0.29, 0.717) is 35.9 Å². The van der Waals surface area contributed by atoms with Crippen molar-refractivity contribution in [2.24, 2.45) is 0 Å². The number of hydrogen-bond acceptors (Lipinski definition) is 4. The first-order valence-corrected chi connectivity index (χ1v) is 10.1. The van der Waals surface area contributed by atoms with Gasteiger partial charge >= 0.3 is 5.97 Å². The zero-order chi connectivity index (χ0) is 20.9. The molecule has 0 amide bonds. The Morgan fingerprint density at radius 3 is 2.55 bits per heavy atom. The Morgan fingerprint density at radius 1 is 1.28 bits per heavy atom. The molecule has 3 heterocycles. The molecular formula is C22H26FN3O3. The molecule has 2 aliphatic heterocycles. The van der Waals surface area contributed by atoms with E-state index in [1.165, 1.54) is 12.3 Å². The van der Waals surface area contributed by atoms with Gasteiger partial charge in [0.2, 0.25) is 5.43 Å². The number of anilines is 1. The third kappa shape index (κ3) is 3.13. The van der Waals surface area contributed by atoms with Crippen LogP contribution in [-0.4, -0.2) is 52.8 Å². The van der Waals surface area contributed by atoms with Gasteiger partial charge < -0.3 is 14.6 Å². The fourth-order valence-electron chi connectivity index (χ4n) is 4.50. The molecule has 1 fully saturated rings. The van der Waals surface area contributed by atoms with Gasteiger partial charge in [-0.3, -0.25) is 9.69 Å². The highest BCUT2D eigenvalue weighted by Gasteiger charge is 2.29. The van der Waals surface area contributed by atoms with Crippen molar-refractivity contribution in [3.63, 3.8) is 0 Å². The van der Waals surface area contributed by atoms with E-state index in [0.717, 1.165) is 19.5 Å². The number of pyridine rings is 1. The molecule has 4 rings (SSSR count). The Balaban J connectivity index is 1.92. The maximum atomic E-state index is 15.3. The summed E-state index contributed by atoms with van der Waals surface area (Å²) in [5.74, 6) is -1.77. The Kier molecular flexibility index (Phi) is 4.94. The van der Waals surface area contributed by atoms with Crippen LogP contribution in [0.4, 0.5) is 10.1 Å². The lowest BCUT2D eigenvalue weighted by atomic mass is 9.97. The first-order valence-electron chi connectivity index (χ1n) is 10.1. The van der Waals surface area contributed by atoms with Crippen LogP contribution in [0.15, 0.2) is 23.1 Å². The average molecular weight is 399 g/mol. The van der Waals surface area contributed by atoms with E-state index in [-0.39, 0.29) is 17.0 Å². The van der Waals surface area contributed by atoms with Gasteiger partial charge in [0.1, 0.15) is 11.4 Å². The van der Waals surface area contributed by atoms with Gasteiger partial charge in [0, 0.05) is 44.0 Å². The van der Waals surface area contributed by atoms with Gasteiger partial charge in [-0.15, -0.1) is 0 Å². The first-order chi connectivity index (χ1) is 13.8. The van der Waals surface area contributed by atoms with Crippen molar-refractivity contribution in [2.45, 2.75) is 39.3 Å². The molecule has 1 aromatic heterocycles. The van der Waals surface area contributed by atoms with Crippen LogP contribution in [0.3, 0.4) is 0 Å². The summed E-state index contributed by atoms with van der Waals surface area (Å²) in [6.07, 6.45) is 6.01. The van der Waals surface area contributed by atoms with E-state index >= 15 is 4.39 Å². The number of allylic oxidation sites excluding steroid dienone is 1. The van der Waals surface area contributed by atoms with E-state index < -0.39 is 17.2 Å². The lowest BCUT2D eigenvalue weighted by Crippen LogP contribution is -2.49. The highest BCUT2D eigenvalue weighted by atomic mass is 19.1. The van der Waals surface area contributed by atoms with Gasteiger partial charge in [-0.25, -0.2) is 9.18 Å². The second-order valence-electron chi connectivity index (χ2n) is 8.05. The van der Waals surface area contributed by atoms with Crippen LogP contribution in [0.1, 0.15) is 49.2 Å². The van der Waals surface area contributed by atoms with Crippen LogP contribution in [0.25, 0.3) is 17.0 Å². The number of halogens is 1. The van der Waals surface area contributed by atoms with Crippen molar-refractivity contribution < 1.29 is 14.3 Å². The van der Waals surface area contributed by atoms with E-state index in [1.54, 1.807) is 0 Å². The van der Waals surface area contributed by atoms with Gasteiger partial charge in [-0.05, 0) is 26.3 Å². The topological polar surface area (TPSA) is 65.8 Å². The second kappa shape index (κ2) is 7.30. The van der Waals surface area contributed by atoms with Gasteiger partial charge in [0.05, 0.1) is 22.6 Å². The SMILES string of the molecule is CCC1C=Cc2c(N3CCN(C(C)C)CC3)c(F)cc3c(=O)c(C(=O)O)cn1c23. The normalized spacial score (nSPS) is 19.3. The lowest BCUT2D eigenvalue weighted by Gasteiger charge is -2.39. The predicted octanol–water partition coefficient (Wildman–Crippen LogP) is 3.35. The van der Waals surface area contributed by atoms with E-state index in [4.69, 9.17) is 0 Å². The van der Waals surface area contributed by atoms with Crippen molar-refractivity contribution in [3.8, 4) is 0 Å². The number of nitrogens with zero attached hydrogens (tertiary/aromatic N) is 3. The van der Waals surface area contributed by atoms with Gasteiger partial charge in [-0.1, -0.05) is 19.1 Å². The standard InChI is InChI=1S/C22H26FN3O3/c1-4-14-5-6-15-19-16(21(27)17(22(28)29)12-26(14)19)11-18(23)20(15)25-9-7-24(8-10-25)13(2)3/h5-6,11-14H,4,7-10H2,1-3H3,(H,28,29). The third-order valence-corrected chi connectivity index (χ3v) is 6.13. The fraction of sp³-hybridized carbons (Fsp3) is 0.455. The van der Waals surface area contributed by atoms with Crippen molar-refractivity contribution in [3.05, 3.63) is 45.5 Å². The molecule has 1 unspecified atom stereocenters. The Bertz CT molecular complexity index is 1070. The molecule has 0 aliphatic carbocycles. The van der Waals surface area contributed by atoms with Crippen molar-refractivity contribution in [1.82, 2.24) is 9.47 Å². The molecular weight excluding hydrogens is 373 g/mol. The molecule has 2 aromatic rings. The quantitative estimate of drug-likeness (QED) is 0.854. The summed E-state index contributed by atoms with van der Waals surface area (Å²) in [5.41, 5.74) is 0.830. The van der Waals surface area contributed by atoms with E-state index in [2.05, 4.69) is 18.7 Å². The minimum absolute atomic E-state index is 0.0696. The van der Waals surface area contributed by atoms with Crippen LogP contribution in [-0.2, 0) is 0 Å². The fourth-order valence-corrected chi connectivity index (χ4v) is 4.50. The third-order valence-electron chi connectivity index (χ3n) is 6.13. The number of carboxylic acids is 1. The van der Waals surface area contributed by atoms with Crippen molar-refractivity contribution in [1.29, 1.82) is 0 Å². The summed E-state index contributed by atoms with van der Waals surface area (Å²) in [6, 6.07) is 1.60. The summed E-state index contributed by atoms with van der Waals surface area (Å²) in [6.45, 7) is 9.41. The van der Waals surface area contributed by atoms with Crippen LogP contribution < -0.4 is 10.3 Å². The molecule has 1 saturated heterocycles. The largest absolute Gasteiger partial charge is 0.477 e. The van der Waals surface area contributed by atoms with Crippen molar-refractivity contribution >= 4 is 28.6 Å². The number of aromatic nitrogens is 1. The monoisotopic (exact) mass is 399 g/mol. The highest BCUT2D eigenvalue weighted by molar-refractivity contribution is 5.99. The van der Waals surface area contributed by atoms with Crippen molar-refractivity contribution in [2.75, 3.05) is 31.1 Å². The summed E-state index contributed by atoms with van der Waals surface area (Å²) in [4.78, 5) is 28.7.